The van der Waals surface area contributed by atoms with Gasteiger partial charge in [-0.1, -0.05) is 6.08 Å². The maximum Gasteiger partial charge on any atom is 0.0873 e. The lowest BCUT2D eigenvalue weighted by Crippen LogP contribution is -1.99. The fraction of sp³-hybridized carbons (Fsp3) is 0. The summed E-state index contributed by atoms with van der Waals surface area (Å²) in [5, 5.41) is 2.74. The summed E-state index contributed by atoms with van der Waals surface area (Å²) in [6, 6.07) is 0. The van der Waals surface area contributed by atoms with Crippen molar-refractivity contribution in [3.05, 3.63) is 36.3 Å². The van der Waals surface area contributed by atoms with E-state index < -0.39 is 0 Å². The molecule has 2 heteroatoms. The maximum atomic E-state index is 5.35. The van der Waals surface area contributed by atoms with Crippen molar-refractivity contribution in [1.82, 2.24) is 5.32 Å². The Hall–Kier alpha value is -1.18. The van der Waals surface area contributed by atoms with Crippen molar-refractivity contribution in [2.75, 3.05) is 0 Å². The predicted octanol–water partition coefficient (Wildman–Crippen LogP) is 0.263. The van der Waals surface area contributed by atoms with Crippen LogP contribution in [0.3, 0.4) is 0 Å². The highest BCUT2D eigenvalue weighted by Gasteiger charge is 1.81. The van der Waals surface area contributed by atoms with Crippen LogP contribution in [0, 0.1) is 6.20 Å². The van der Waals surface area contributed by atoms with Crippen LogP contribution in [-0.2, 0) is 0 Å². The molecule has 0 aliphatic carbocycles. The molecule has 1 heterocycles. The molecule has 0 aromatic heterocycles. The van der Waals surface area contributed by atoms with Crippen molar-refractivity contribution in [2.45, 2.75) is 0 Å². The third-order valence-corrected chi connectivity index (χ3v) is 0.783. The van der Waals surface area contributed by atoms with Crippen molar-refractivity contribution in [3.8, 4) is 0 Å². The molecule has 1 radical (unpaired) electrons. The van der Waals surface area contributed by atoms with Crippen molar-refractivity contribution in [3.63, 3.8) is 0 Å². The summed E-state index contributed by atoms with van der Waals surface area (Å²) in [6.07, 6.45) is 9.95. The molecule has 1 aliphatic heterocycles. The lowest BCUT2D eigenvalue weighted by Gasteiger charge is -1.85. The zero-order chi connectivity index (χ0) is 5.82. The first-order valence-corrected chi connectivity index (χ1v) is 2.37. The number of nitrogens with two attached hydrogens (primary N) is 1. The number of nitrogens with one attached hydrogen (secondary N) is 1. The molecule has 2 nitrogen and oxygen atoms in total. The van der Waals surface area contributed by atoms with Crippen LogP contribution in [0.25, 0.3) is 0 Å². The Kier molecular flexibility index (Phi) is 1.37. The van der Waals surface area contributed by atoms with Crippen LogP contribution in [-0.4, -0.2) is 0 Å². The summed E-state index contributed by atoms with van der Waals surface area (Å²) in [5.74, 6) is 0. The first-order valence-electron chi connectivity index (χ1n) is 2.37. The molecule has 0 saturated heterocycles. The van der Waals surface area contributed by atoms with E-state index in [1.807, 2.05) is 12.2 Å². The summed E-state index contributed by atoms with van der Waals surface area (Å²) in [4.78, 5) is 0. The van der Waals surface area contributed by atoms with Gasteiger partial charge >= 0.3 is 0 Å². The van der Waals surface area contributed by atoms with Gasteiger partial charge in [0.25, 0.3) is 0 Å². The molecule has 0 spiro atoms. The van der Waals surface area contributed by atoms with E-state index in [9.17, 15) is 0 Å². The van der Waals surface area contributed by atoms with Gasteiger partial charge in [-0.3, -0.25) is 0 Å². The third-order valence-electron chi connectivity index (χ3n) is 0.783. The van der Waals surface area contributed by atoms with Crippen LogP contribution in [0.2, 0.25) is 0 Å². The first-order chi connectivity index (χ1) is 3.89. The van der Waals surface area contributed by atoms with E-state index in [1.165, 1.54) is 0 Å². The van der Waals surface area contributed by atoms with Crippen LogP contribution >= 0.6 is 0 Å². The number of allylic oxidation sites excluding steroid dienone is 3. The minimum atomic E-state index is 0.620. The minimum Gasteiger partial charge on any atom is -0.397 e. The van der Waals surface area contributed by atoms with Crippen LogP contribution in [0.5, 0.6) is 0 Å². The molecule has 0 unspecified atom stereocenters. The lowest BCUT2D eigenvalue weighted by atomic mass is 10.4. The Morgan fingerprint density at radius 2 is 2.38 bits per heavy atom. The molecule has 0 atom stereocenters. The van der Waals surface area contributed by atoms with Gasteiger partial charge in [-0.15, -0.1) is 0 Å². The first kappa shape index (κ1) is 4.97. The Morgan fingerprint density at radius 3 is 3.25 bits per heavy atom. The average Bonchev–Trinajstić information content (AvgIpc) is 1.94. The van der Waals surface area contributed by atoms with Gasteiger partial charge in [0.05, 0.1) is 11.9 Å². The fourth-order valence-electron chi connectivity index (χ4n) is 0.430. The molecule has 0 fully saturated rings. The van der Waals surface area contributed by atoms with E-state index in [0.717, 1.165) is 0 Å². The van der Waals surface area contributed by atoms with Crippen LogP contribution in [0.1, 0.15) is 0 Å². The van der Waals surface area contributed by atoms with Gasteiger partial charge in [-0.25, -0.2) is 0 Å². The molecule has 41 valence electrons. The molecule has 0 aromatic carbocycles. The molecular formula is C6H7N2. The van der Waals surface area contributed by atoms with Gasteiger partial charge in [-0.2, -0.15) is 0 Å². The Bertz CT molecular complexity index is 151. The van der Waals surface area contributed by atoms with Gasteiger partial charge < -0.3 is 11.1 Å². The molecule has 0 bridgehead atoms. The minimum absolute atomic E-state index is 0.620. The second kappa shape index (κ2) is 2.21. The second-order valence-electron chi connectivity index (χ2n) is 1.44. The fourth-order valence-corrected chi connectivity index (χ4v) is 0.430. The Balaban J connectivity index is 2.69. The molecule has 1 aliphatic rings. The molecular weight excluding hydrogens is 100 g/mol. The zero-order valence-corrected chi connectivity index (χ0v) is 4.39. The summed E-state index contributed by atoms with van der Waals surface area (Å²) in [7, 11) is 0. The molecule has 8 heavy (non-hydrogen) atoms. The molecule has 0 amide bonds. The standard InChI is InChI=1S/C6H7N2/c7-6-3-1-2-4-8-5-6/h1-4,8H,7H2. The van der Waals surface area contributed by atoms with E-state index in [1.54, 1.807) is 12.3 Å². The number of hydrogen-bond donors (Lipinski definition) is 2. The number of rotatable bonds is 0. The molecule has 0 saturated carbocycles. The van der Waals surface area contributed by atoms with Gasteiger partial charge in [0.1, 0.15) is 0 Å². The van der Waals surface area contributed by atoms with E-state index >= 15 is 0 Å². The van der Waals surface area contributed by atoms with Gasteiger partial charge in [0.2, 0.25) is 0 Å². The molecule has 0 aromatic rings. The quantitative estimate of drug-likeness (QED) is 0.466. The lowest BCUT2D eigenvalue weighted by molar-refractivity contribution is 1.12. The monoisotopic (exact) mass is 107 g/mol. The number of hydrogen-bond acceptors (Lipinski definition) is 2. The van der Waals surface area contributed by atoms with E-state index in [2.05, 4.69) is 11.5 Å². The second-order valence-corrected chi connectivity index (χ2v) is 1.44. The largest absolute Gasteiger partial charge is 0.397 e. The Labute approximate surface area is 48.4 Å². The van der Waals surface area contributed by atoms with Gasteiger partial charge in [-0.05, 0) is 12.2 Å². The van der Waals surface area contributed by atoms with Gasteiger partial charge in [0, 0.05) is 6.20 Å². The predicted molar refractivity (Wildman–Crippen MR) is 32.4 cm³/mol. The van der Waals surface area contributed by atoms with Crippen LogP contribution in [0.4, 0.5) is 0 Å². The van der Waals surface area contributed by atoms with Crippen LogP contribution < -0.4 is 11.1 Å². The normalized spacial score (nSPS) is 16.8. The topological polar surface area (TPSA) is 38.0 Å². The van der Waals surface area contributed by atoms with Crippen molar-refractivity contribution < 1.29 is 0 Å². The SMILES string of the molecule is NC1=[C]NC=CC=C1. The summed E-state index contributed by atoms with van der Waals surface area (Å²) in [5.41, 5.74) is 5.97. The van der Waals surface area contributed by atoms with E-state index in [-0.39, 0.29) is 0 Å². The Morgan fingerprint density at radius 1 is 1.50 bits per heavy atom. The maximum absolute atomic E-state index is 5.35. The highest BCUT2D eigenvalue weighted by Crippen LogP contribution is 1.87. The smallest absolute Gasteiger partial charge is 0.0873 e. The zero-order valence-electron chi connectivity index (χ0n) is 4.39. The molecule has 3 N–H and O–H groups in total. The summed E-state index contributed by atoms with van der Waals surface area (Å²) in [6.45, 7) is 0. The van der Waals surface area contributed by atoms with Crippen molar-refractivity contribution >= 4 is 0 Å². The van der Waals surface area contributed by atoms with Crippen molar-refractivity contribution in [1.29, 1.82) is 0 Å². The van der Waals surface area contributed by atoms with E-state index in [0.29, 0.717) is 5.70 Å². The van der Waals surface area contributed by atoms with Crippen molar-refractivity contribution in [2.24, 2.45) is 5.73 Å². The average molecular weight is 107 g/mol. The summed E-state index contributed by atoms with van der Waals surface area (Å²) >= 11 is 0. The highest BCUT2D eigenvalue weighted by atomic mass is 14.8. The summed E-state index contributed by atoms with van der Waals surface area (Å²) < 4.78 is 0. The van der Waals surface area contributed by atoms with Crippen LogP contribution in [0.15, 0.2) is 30.1 Å². The van der Waals surface area contributed by atoms with Gasteiger partial charge in [0.15, 0.2) is 0 Å². The third kappa shape index (κ3) is 1.15. The molecule has 1 rings (SSSR count). The van der Waals surface area contributed by atoms with E-state index in [4.69, 9.17) is 5.73 Å². The highest BCUT2D eigenvalue weighted by molar-refractivity contribution is 5.19.